The van der Waals surface area contributed by atoms with Crippen molar-refractivity contribution in [1.29, 1.82) is 0 Å². The van der Waals surface area contributed by atoms with Gasteiger partial charge in [-0.3, -0.25) is 0 Å². The highest BCUT2D eigenvalue weighted by Gasteiger charge is 2.01. The Morgan fingerprint density at radius 1 is 1.17 bits per heavy atom. The van der Waals surface area contributed by atoms with Crippen LogP contribution in [0.25, 0.3) is 0 Å². The van der Waals surface area contributed by atoms with E-state index in [-0.39, 0.29) is 0 Å². The molecule has 0 bridgehead atoms. The minimum Gasteiger partial charge on any atom is -0.475 e. The summed E-state index contributed by atoms with van der Waals surface area (Å²) in [5, 5.41) is 3.11. The zero-order chi connectivity index (χ0) is 13.2. The van der Waals surface area contributed by atoms with Crippen LogP contribution < -0.4 is 10.1 Å². The number of hydrogen-bond donors (Lipinski definition) is 1. The maximum atomic E-state index is 5.55. The Kier molecular flexibility index (Phi) is 7.32. The molecular formula is C13H22N2O3. The Morgan fingerprint density at radius 3 is 2.67 bits per heavy atom. The number of pyridine rings is 1. The fourth-order valence-electron chi connectivity index (χ4n) is 1.54. The molecule has 1 aromatic rings. The Hall–Kier alpha value is -1.17. The number of rotatable bonds is 9. The first-order chi connectivity index (χ1) is 8.76. The second-order valence-electron chi connectivity index (χ2n) is 3.94. The lowest BCUT2D eigenvalue weighted by Gasteiger charge is -2.09. The van der Waals surface area contributed by atoms with Crippen molar-refractivity contribution in [3.05, 3.63) is 23.4 Å². The lowest BCUT2D eigenvalue weighted by Crippen LogP contribution is -2.11. The van der Waals surface area contributed by atoms with Crippen molar-refractivity contribution in [2.75, 3.05) is 40.6 Å². The standard InChI is InChI=1S/C13H22N2O3/c1-11-8-12(10-14-2)9-13(15-11)18-7-6-17-5-4-16-3/h8-9,14H,4-7,10H2,1-3H3. The molecule has 0 aliphatic carbocycles. The van der Waals surface area contributed by atoms with Crippen LogP contribution in [0.3, 0.4) is 0 Å². The highest BCUT2D eigenvalue weighted by Crippen LogP contribution is 2.12. The van der Waals surface area contributed by atoms with Crippen LogP contribution in [0.4, 0.5) is 0 Å². The zero-order valence-electron chi connectivity index (χ0n) is 11.4. The molecule has 0 saturated heterocycles. The summed E-state index contributed by atoms with van der Waals surface area (Å²) >= 11 is 0. The van der Waals surface area contributed by atoms with E-state index in [0.29, 0.717) is 32.3 Å². The Bertz CT molecular complexity index is 345. The van der Waals surface area contributed by atoms with E-state index in [2.05, 4.69) is 10.3 Å². The molecule has 1 N–H and O–H groups in total. The number of aromatic nitrogens is 1. The van der Waals surface area contributed by atoms with E-state index in [4.69, 9.17) is 14.2 Å². The van der Waals surface area contributed by atoms with Crippen LogP contribution in [0.5, 0.6) is 5.88 Å². The summed E-state index contributed by atoms with van der Waals surface area (Å²) in [6, 6.07) is 3.98. The van der Waals surface area contributed by atoms with Crippen molar-refractivity contribution in [2.45, 2.75) is 13.5 Å². The molecule has 1 aromatic heterocycles. The summed E-state index contributed by atoms with van der Waals surface area (Å²) < 4.78 is 15.7. The summed E-state index contributed by atoms with van der Waals surface area (Å²) in [6.45, 7) is 5.01. The fourth-order valence-corrected chi connectivity index (χ4v) is 1.54. The van der Waals surface area contributed by atoms with E-state index < -0.39 is 0 Å². The molecule has 0 saturated carbocycles. The van der Waals surface area contributed by atoms with Crippen molar-refractivity contribution in [2.24, 2.45) is 0 Å². The number of nitrogens with zero attached hydrogens (tertiary/aromatic N) is 1. The summed E-state index contributed by atoms with van der Waals surface area (Å²) in [5.41, 5.74) is 2.12. The number of nitrogens with one attached hydrogen (secondary N) is 1. The Labute approximate surface area is 108 Å². The van der Waals surface area contributed by atoms with Gasteiger partial charge in [-0.2, -0.15) is 0 Å². The van der Waals surface area contributed by atoms with Crippen LogP contribution in [0.15, 0.2) is 12.1 Å². The van der Waals surface area contributed by atoms with E-state index in [1.807, 2.05) is 26.1 Å². The topological polar surface area (TPSA) is 52.6 Å². The summed E-state index contributed by atoms with van der Waals surface area (Å²) in [7, 11) is 3.57. The highest BCUT2D eigenvalue weighted by molar-refractivity contribution is 5.24. The van der Waals surface area contributed by atoms with Gasteiger partial charge in [-0.1, -0.05) is 0 Å². The lowest BCUT2D eigenvalue weighted by molar-refractivity contribution is 0.0536. The van der Waals surface area contributed by atoms with Crippen LogP contribution >= 0.6 is 0 Å². The maximum absolute atomic E-state index is 5.55. The lowest BCUT2D eigenvalue weighted by atomic mass is 10.2. The molecule has 0 unspecified atom stereocenters. The third-order valence-corrected chi connectivity index (χ3v) is 2.28. The third kappa shape index (κ3) is 5.95. The monoisotopic (exact) mass is 254 g/mol. The van der Waals surface area contributed by atoms with E-state index in [9.17, 15) is 0 Å². The van der Waals surface area contributed by atoms with E-state index in [1.54, 1.807) is 7.11 Å². The predicted octanol–water partition coefficient (Wildman–Crippen LogP) is 1.15. The van der Waals surface area contributed by atoms with Gasteiger partial charge < -0.3 is 19.5 Å². The van der Waals surface area contributed by atoms with Crippen LogP contribution in [0.1, 0.15) is 11.3 Å². The van der Waals surface area contributed by atoms with Gasteiger partial charge in [0.25, 0.3) is 0 Å². The average molecular weight is 254 g/mol. The highest BCUT2D eigenvalue weighted by atomic mass is 16.5. The largest absolute Gasteiger partial charge is 0.475 e. The summed E-state index contributed by atoms with van der Waals surface area (Å²) in [4.78, 5) is 4.32. The molecule has 0 atom stereocenters. The van der Waals surface area contributed by atoms with Gasteiger partial charge >= 0.3 is 0 Å². The third-order valence-electron chi connectivity index (χ3n) is 2.28. The molecule has 0 aliphatic heterocycles. The van der Waals surface area contributed by atoms with E-state index in [0.717, 1.165) is 12.2 Å². The van der Waals surface area contributed by atoms with Crippen molar-refractivity contribution >= 4 is 0 Å². The number of methoxy groups -OCH3 is 1. The quantitative estimate of drug-likeness (QED) is 0.670. The van der Waals surface area contributed by atoms with Gasteiger partial charge in [0, 0.05) is 25.4 Å². The molecule has 0 spiro atoms. The Morgan fingerprint density at radius 2 is 1.94 bits per heavy atom. The van der Waals surface area contributed by atoms with Crippen molar-refractivity contribution in [3.8, 4) is 5.88 Å². The molecule has 1 heterocycles. The van der Waals surface area contributed by atoms with Gasteiger partial charge in [0.05, 0.1) is 19.8 Å². The molecule has 0 amide bonds. The molecule has 18 heavy (non-hydrogen) atoms. The van der Waals surface area contributed by atoms with Crippen molar-refractivity contribution < 1.29 is 14.2 Å². The van der Waals surface area contributed by atoms with Crippen LogP contribution in [0.2, 0.25) is 0 Å². The second kappa shape index (κ2) is 8.85. The Balaban J connectivity index is 2.32. The second-order valence-corrected chi connectivity index (χ2v) is 3.94. The average Bonchev–Trinajstić information content (AvgIpc) is 2.33. The fraction of sp³-hybridized carbons (Fsp3) is 0.615. The molecule has 102 valence electrons. The van der Waals surface area contributed by atoms with Crippen molar-refractivity contribution in [1.82, 2.24) is 10.3 Å². The first kappa shape index (κ1) is 14.9. The van der Waals surface area contributed by atoms with Crippen LogP contribution in [0, 0.1) is 6.92 Å². The molecule has 0 fully saturated rings. The minimum absolute atomic E-state index is 0.499. The van der Waals surface area contributed by atoms with Gasteiger partial charge in [0.2, 0.25) is 5.88 Å². The molecule has 5 heteroatoms. The van der Waals surface area contributed by atoms with Gasteiger partial charge in [0.15, 0.2) is 0 Å². The zero-order valence-corrected chi connectivity index (χ0v) is 11.4. The first-order valence-electron chi connectivity index (χ1n) is 6.08. The van der Waals surface area contributed by atoms with Gasteiger partial charge in [-0.05, 0) is 25.6 Å². The van der Waals surface area contributed by atoms with Gasteiger partial charge in [-0.15, -0.1) is 0 Å². The van der Waals surface area contributed by atoms with E-state index in [1.165, 1.54) is 5.56 Å². The smallest absolute Gasteiger partial charge is 0.213 e. The number of aryl methyl sites for hydroxylation is 1. The molecule has 0 aliphatic rings. The number of hydrogen-bond acceptors (Lipinski definition) is 5. The summed E-state index contributed by atoms with van der Waals surface area (Å²) in [5.74, 6) is 0.649. The minimum atomic E-state index is 0.499. The van der Waals surface area contributed by atoms with Crippen molar-refractivity contribution in [3.63, 3.8) is 0 Å². The molecule has 1 rings (SSSR count). The normalized spacial score (nSPS) is 10.6. The molecule has 0 aromatic carbocycles. The first-order valence-corrected chi connectivity index (χ1v) is 6.08. The molecule has 5 nitrogen and oxygen atoms in total. The van der Waals surface area contributed by atoms with Crippen LogP contribution in [-0.4, -0.2) is 45.6 Å². The van der Waals surface area contributed by atoms with Gasteiger partial charge in [0.1, 0.15) is 6.61 Å². The van der Waals surface area contributed by atoms with Gasteiger partial charge in [-0.25, -0.2) is 4.98 Å². The maximum Gasteiger partial charge on any atom is 0.213 e. The number of ether oxygens (including phenoxy) is 3. The van der Waals surface area contributed by atoms with E-state index >= 15 is 0 Å². The summed E-state index contributed by atoms with van der Waals surface area (Å²) in [6.07, 6.45) is 0. The molecule has 0 radical (unpaired) electrons. The molecular weight excluding hydrogens is 232 g/mol. The predicted molar refractivity (Wildman–Crippen MR) is 69.9 cm³/mol. The van der Waals surface area contributed by atoms with Crippen LogP contribution in [-0.2, 0) is 16.0 Å². The SMILES string of the molecule is CNCc1cc(C)nc(OCCOCCOC)c1.